The molecule has 3 fully saturated rings. The highest BCUT2D eigenvalue weighted by atomic mass is 32.2. The van der Waals surface area contributed by atoms with Crippen molar-refractivity contribution in [1.82, 2.24) is 9.47 Å². The first-order valence-corrected chi connectivity index (χ1v) is 14.8. The summed E-state index contributed by atoms with van der Waals surface area (Å²) < 4.78 is 16.7. The van der Waals surface area contributed by atoms with Crippen LogP contribution >= 0.6 is 24.0 Å². The van der Waals surface area contributed by atoms with Crippen LogP contribution in [-0.2, 0) is 11.3 Å². The van der Waals surface area contributed by atoms with Gasteiger partial charge in [0.25, 0.3) is 11.5 Å². The minimum absolute atomic E-state index is 0.0923. The number of carbonyl (C=O) groups excluding carboxylic acids is 1. The Labute approximate surface area is 237 Å². The number of rotatable bonds is 6. The number of nitrogens with zero attached hydrogens (tertiary/aromatic N) is 5. The normalized spacial score (nSPS) is 19.4. The first kappa shape index (κ1) is 27.4. The van der Waals surface area contributed by atoms with Crippen molar-refractivity contribution in [1.29, 1.82) is 5.26 Å². The van der Waals surface area contributed by atoms with Crippen molar-refractivity contribution < 1.29 is 9.18 Å². The molecule has 0 atom stereocenters. The van der Waals surface area contributed by atoms with Crippen molar-refractivity contribution in [3.63, 3.8) is 0 Å². The molecule has 3 heterocycles. The Kier molecular flexibility index (Phi) is 8.10. The lowest BCUT2D eigenvalue weighted by Crippen LogP contribution is -2.49. The van der Waals surface area contributed by atoms with Crippen LogP contribution in [0.15, 0.2) is 34.0 Å². The zero-order valence-corrected chi connectivity index (χ0v) is 23.9. The Morgan fingerprint density at radius 1 is 1.13 bits per heavy atom. The molecule has 0 radical (unpaired) electrons. The van der Waals surface area contributed by atoms with Gasteiger partial charge in [0.1, 0.15) is 27.6 Å². The van der Waals surface area contributed by atoms with Gasteiger partial charge in [-0.25, -0.2) is 4.39 Å². The van der Waals surface area contributed by atoms with Crippen LogP contribution in [-0.4, -0.2) is 51.9 Å². The summed E-state index contributed by atoms with van der Waals surface area (Å²) in [6.45, 7) is 6.48. The lowest BCUT2D eigenvalue weighted by atomic mass is 10.0. The lowest BCUT2D eigenvalue weighted by Gasteiger charge is -2.39. The number of hydrogen-bond acceptors (Lipinski definition) is 7. The first-order chi connectivity index (χ1) is 18.8. The van der Waals surface area contributed by atoms with Crippen molar-refractivity contribution >= 4 is 51.8 Å². The molecule has 0 spiro atoms. The van der Waals surface area contributed by atoms with Crippen LogP contribution in [0.4, 0.5) is 15.9 Å². The maximum Gasteiger partial charge on any atom is 0.270 e. The van der Waals surface area contributed by atoms with Crippen LogP contribution in [0.1, 0.15) is 55.7 Å². The molecule has 0 unspecified atom stereocenters. The number of para-hydroxylation sites is 1. The summed E-state index contributed by atoms with van der Waals surface area (Å²) in [5.41, 5.74) is 1.60. The molecule has 2 aromatic rings. The third-order valence-electron chi connectivity index (χ3n) is 7.85. The third-order valence-corrected chi connectivity index (χ3v) is 9.19. The van der Waals surface area contributed by atoms with E-state index in [2.05, 4.69) is 11.0 Å². The SMILES string of the molecule is CCCn1c(N2CCN(c3ccccc3F)CC2)c(C=C2SC(=S)N(C3CCCC3)C2=O)c(C)c(C#N)c1=O. The lowest BCUT2D eigenvalue weighted by molar-refractivity contribution is -0.123. The predicted octanol–water partition coefficient (Wildman–Crippen LogP) is 5.05. The van der Waals surface area contributed by atoms with Crippen LogP contribution in [0.25, 0.3) is 6.08 Å². The molecule has 1 amide bonds. The van der Waals surface area contributed by atoms with Crippen molar-refractivity contribution in [2.45, 2.75) is 58.5 Å². The van der Waals surface area contributed by atoms with Crippen LogP contribution in [0, 0.1) is 24.1 Å². The fraction of sp³-hybridized carbons (Fsp3) is 0.448. The maximum atomic E-state index is 14.5. The highest BCUT2D eigenvalue weighted by Crippen LogP contribution is 2.39. The Morgan fingerprint density at radius 2 is 1.79 bits per heavy atom. The maximum absolute atomic E-state index is 14.5. The monoisotopic (exact) mass is 565 g/mol. The van der Waals surface area contributed by atoms with Gasteiger partial charge in [0, 0.05) is 44.3 Å². The zero-order valence-electron chi connectivity index (χ0n) is 22.3. The molecule has 2 aliphatic heterocycles. The van der Waals surface area contributed by atoms with Gasteiger partial charge in [-0.1, -0.05) is 55.9 Å². The minimum atomic E-state index is -0.320. The molecule has 1 aromatic carbocycles. The number of thiocarbonyl (C=S) groups is 1. The molecule has 204 valence electrons. The van der Waals surface area contributed by atoms with Gasteiger partial charge < -0.3 is 9.80 Å². The van der Waals surface area contributed by atoms with Gasteiger partial charge in [0.2, 0.25) is 0 Å². The molecule has 0 bridgehead atoms. The van der Waals surface area contributed by atoms with Gasteiger partial charge in [-0.2, -0.15) is 5.26 Å². The quantitative estimate of drug-likeness (QED) is 0.359. The molecular formula is C29H32FN5O2S2. The summed E-state index contributed by atoms with van der Waals surface area (Å²) in [5, 5.41) is 9.90. The molecular weight excluding hydrogens is 533 g/mol. The van der Waals surface area contributed by atoms with E-state index < -0.39 is 0 Å². The van der Waals surface area contributed by atoms with Crippen molar-refractivity contribution in [3.8, 4) is 6.07 Å². The van der Waals surface area contributed by atoms with Crippen molar-refractivity contribution in [3.05, 3.63) is 62.0 Å². The molecule has 1 aromatic heterocycles. The van der Waals surface area contributed by atoms with Gasteiger partial charge in [-0.05, 0) is 50.0 Å². The van der Waals surface area contributed by atoms with E-state index in [0.29, 0.717) is 71.0 Å². The number of aromatic nitrogens is 1. The Bertz CT molecular complexity index is 1430. The smallest absolute Gasteiger partial charge is 0.270 e. The number of halogens is 1. The van der Waals surface area contributed by atoms with E-state index in [1.165, 1.54) is 17.8 Å². The average Bonchev–Trinajstić information content (AvgIpc) is 3.55. The highest BCUT2D eigenvalue weighted by molar-refractivity contribution is 8.26. The Hall–Kier alpha value is -3.16. The van der Waals surface area contributed by atoms with E-state index in [4.69, 9.17) is 12.2 Å². The minimum Gasteiger partial charge on any atom is -0.366 e. The molecule has 3 aliphatic rings. The number of benzene rings is 1. The van der Waals surface area contributed by atoms with Crippen LogP contribution in [0.5, 0.6) is 0 Å². The standard InChI is InChI=1S/C29H32FN5O2S2/c1-3-12-34-26(33-15-13-32(14-16-33)24-11-7-6-10-23(24)30)21(19(2)22(18-31)27(34)36)17-25-28(37)35(29(38)39-25)20-8-4-5-9-20/h6-7,10-11,17,20H,3-5,8-9,12-16H2,1-2H3. The largest absolute Gasteiger partial charge is 0.366 e. The number of hydrogen-bond donors (Lipinski definition) is 0. The predicted molar refractivity (Wildman–Crippen MR) is 159 cm³/mol. The third kappa shape index (κ3) is 5.10. The van der Waals surface area contributed by atoms with E-state index in [9.17, 15) is 19.2 Å². The van der Waals surface area contributed by atoms with Gasteiger partial charge >= 0.3 is 0 Å². The van der Waals surface area contributed by atoms with Crippen molar-refractivity contribution in [2.75, 3.05) is 36.0 Å². The van der Waals surface area contributed by atoms with Crippen molar-refractivity contribution in [2.24, 2.45) is 0 Å². The number of carbonyl (C=O) groups is 1. The number of piperazine rings is 1. The van der Waals surface area contributed by atoms with E-state index in [0.717, 1.165) is 25.7 Å². The fourth-order valence-corrected chi connectivity index (χ4v) is 7.25. The van der Waals surface area contributed by atoms with Gasteiger partial charge in [0.05, 0.1) is 10.6 Å². The van der Waals surface area contributed by atoms with E-state index in [1.807, 2.05) is 24.0 Å². The summed E-state index contributed by atoms with van der Waals surface area (Å²) in [7, 11) is 0. The van der Waals surface area contributed by atoms with Crippen LogP contribution in [0.3, 0.4) is 0 Å². The molecule has 2 saturated heterocycles. The number of pyridine rings is 1. The summed E-state index contributed by atoms with van der Waals surface area (Å²) in [5.74, 6) is 0.351. The van der Waals surface area contributed by atoms with Crippen LogP contribution in [0.2, 0.25) is 0 Å². The second-order valence-corrected chi connectivity index (χ2v) is 11.9. The van der Waals surface area contributed by atoms with E-state index in [1.54, 1.807) is 28.5 Å². The van der Waals surface area contributed by atoms with E-state index in [-0.39, 0.29) is 28.9 Å². The van der Waals surface area contributed by atoms with Gasteiger partial charge in [0.15, 0.2) is 0 Å². The number of thioether (sulfide) groups is 1. The summed E-state index contributed by atoms with van der Waals surface area (Å²) >= 11 is 6.91. The molecule has 0 N–H and O–H groups in total. The summed E-state index contributed by atoms with van der Waals surface area (Å²) in [6, 6.07) is 8.99. The molecule has 1 saturated carbocycles. The topological polar surface area (TPSA) is 72.6 Å². The van der Waals surface area contributed by atoms with Gasteiger partial charge in [-0.3, -0.25) is 19.1 Å². The molecule has 7 nitrogen and oxygen atoms in total. The second-order valence-electron chi connectivity index (χ2n) is 10.2. The molecule has 5 rings (SSSR count). The number of nitriles is 1. The second kappa shape index (κ2) is 11.5. The molecule has 10 heteroatoms. The summed E-state index contributed by atoms with van der Waals surface area (Å²) in [4.78, 5) is 33.4. The Morgan fingerprint density at radius 3 is 2.44 bits per heavy atom. The first-order valence-electron chi connectivity index (χ1n) is 13.5. The summed E-state index contributed by atoms with van der Waals surface area (Å²) in [6.07, 6.45) is 6.63. The van der Waals surface area contributed by atoms with Crippen LogP contribution < -0.4 is 15.4 Å². The zero-order chi connectivity index (χ0) is 27.7. The molecule has 1 aliphatic carbocycles. The highest BCUT2D eigenvalue weighted by Gasteiger charge is 2.38. The fourth-order valence-electron chi connectivity index (χ4n) is 5.87. The van der Waals surface area contributed by atoms with E-state index >= 15 is 0 Å². The number of anilines is 2. The van der Waals surface area contributed by atoms with Gasteiger partial charge in [-0.15, -0.1) is 0 Å². The average molecular weight is 566 g/mol. The number of amides is 1. The molecule has 39 heavy (non-hydrogen) atoms. The Balaban J connectivity index is 1.56.